The summed E-state index contributed by atoms with van der Waals surface area (Å²) in [4.78, 5) is 13.5. The molecule has 0 bridgehead atoms. The zero-order valence-corrected chi connectivity index (χ0v) is 16.6. The van der Waals surface area contributed by atoms with Crippen molar-refractivity contribution in [1.29, 1.82) is 0 Å². The van der Waals surface area contributed by atoms with Gasteiger partial charge in [-0.05, 0) is 54.8 Å². The van der Waals surface area contributed by atoms with Crippen molar-refractivity contribution in [2.24, 2.45) is 5.92 Å². The molecule has 0 spiro atoms. The fourth-order valence-corrected chi connectivity index (χ4v) is 3.32. The average Bonchev–Trinajstić information content (AvgIpc) is 2.66. The number of nitrogens with one attached hydrogen (secondary N) is 1. The molecule has 2 aromatic rings. The first-order valence-electron chi connectivity index (χ1n) is 8.82. The highest BCUT2D eigenvalue weighted by Crippen LogP contribution is 2.25. The van der Waals surface area contributed by atoms with Gasteiger partial charge in [0.2, 0.25) is 5.91 Å². The molecule has 0 saturated heterocycles. The largest absolute Gasteiger partial charge is 0.497 e. The molecule has 0 radical (unpaired) electrons. The van der Waals surface area contributed by atoms with Crippen molar-refractivity contribution in [3.05, 3.63) is 54.1 Å². The predicted octanol–water partition coefficient (Wildman–Crippen LogP) is 4.70. The van der Waals surface area contributed by atoms with Gasteiger partial charge in [-0.2, -0.15) is 0 Å². The molecule has 0 fully saturated rings. The molecule has 1 amide bonds. The third-order valence-electron chi connectivity index (χ3n) is 3.96. The minimum atomic E-state index is -0.0191. The highest BCUT2D eigenvalue weighted by Gasteiger charge is 2.18. The lowest BCUT2D eigenvalue weighted by molar-refractivity contribution is -0.119. The molecule has 26 heavy (non-hydrogen) atoms. The van der Waals surface area contributed by atoms with Crippen molar-refractivity contribution in [2.45, 2.75) is 31.7 Å². The van der Waals surface area contributed by atoms with Crippen LogP contribution in [0.2, 0.25) is 0 Å². The summed E-state index contributed by atoms with van der Waals surface area (Å²) in [5.74, 6) is 2.36. The number of benzene rings is 2. The van der Waals surface area contributed by atoms with Crippen LogP contribution >= 0.6 is 11.8 Å². The zero-order valence-electron chi connectivity index (χ0n) is 15.8. The normalized spacial score (nSPS) is 11.9. The Kier molecular flexibility index (Phi) is 7.85. The Labute approximate surface area is 160 Å². The van der Waals surface area contributed by atoms with E-state index in [9.17, 15) is 4.79 Å². The second-order valence-corrected chi connectivity index (χ2v) is 7.30. The summed E-state index contributed by atoms with van der Waals surface area (Å²) in [6.07, 6.45) is 0. The lowest BCUT2D eigenvalue weighted by Crippen LogP contribution is -2.32. The monoisotopic (exact) mass is 373 g/mol. The second kappa shape index (κ2) is 10.1. The third-order valence-corrected chi connectivity index (χ3v) is 4.97. The first kappa shape index (κ1) is 20.2. The van der Waals surface area contributed by atoms with Crippen LogP contribution in [0.4, 0.5) is 0 Å². The van der Waals surface area contributed by atoms with Gasteiger partial charge in [-0.25, -0.2) is 0 Å². The summed E-state index contributed by atoms with van der Waals surface area (Å²) in [6.45, 7) is 6.82. The van der Waals surface area contributed by atoms with Crippen molar-refractivity contribution >= 4 is 17.7 Å². The van der Waals surface area contributed by atoms with Crippen LogP contribution in [-0.4, -0.2) is 25.4 Å². The van der Waals surface area contributed by atoms with E-state index in [0.717, 1.165) is 22.0 Å². The van der Waals surface area contributed by atoms with E-state index in [-0.39, 0.29) is 11.9 Å². The molecule has 0 aliphatic carbocycles. The molecular formula is C21H27NO3S. The smallest absolute Gasteiger partial charge is 0.230 e. The van der Waals surface area contributed by atoms with Gasteiger partial charge in [0.15, 0.2) is 0 Å². The summed E-state index contributed by atoms with van der Waals surface area (Å²) in [5, 5.41) is 3.15. The fraction of sp³-hybridized carbons (Fsp3) is 0.381. The minimum absolute atomic E-state index is 0.0191. The van der Waals surface area contributed by atoms with Crippen LogP contribution in [0.5, 0.6) is 11.5 Å². The molecule has 2 aromatic carbocycles. The molecule has 1 N–H and O–H groups in total. The summed E-state index contributed by atoms with van der Waals surface area (Å²) < 4.78 is 10.6. The molecule has 1 unspecified atom stereocenters. The highest BCUT2D eigenvalue weighted by molar-refractivity contribution is 8.00. The first-order chi connectivity index (χ1) is 12.5. The second-order valence-electron chi connectivity index (χ2n) is 6.26. The molecule has 0 saturated carbocycles. The molecule has 1 atom stereocenters. The van der Waals surface area contributed by atoms with Crippen molar-refractivity contribution in [3.63, 3.8) is 0 Å². The summed E-state index contributed by atoms with van der Waals surface area (Å²) >= 11 is 1.52. The van der Waals surface area contributed by atoms with Crippen LogP contribution in [0.1, 0.15) is 32.4 Å². The van der Waals surface area contributed by atoms with Crippen LogP contribution in [-0.2, 0) is 4.79 Å². The maximum atomic E-state index is 12.4. The maximum Gasteiger partial charge on any atom is 0.230 e. The number of rotatable bonds is 9. The van der Waals surface area contributed by atoms with Crippen molar-refractivity contribution < 1.29 is 14.3 Å². The van der Waals surface area contributed by atoms with Crippen LogP contribution in [0, 0.1) is 5.92 Å². The van der Waals surface area contributed by atoms with E-state index in [4.69, 9.17) is 9.47 Å². The van der Waals surface area contributed by atoms with E-state index in [1.54, 1.807) is 7.11 Å². The summed E-state index contributed by atoms with van der Waals surface area (Å²) in [5.41, 5.74) is 1.08. The Hall–Kier alpha value is -2.14. The van der Waals surface area contributed by atoms with Gasteiger partial charge in [0, 0.05) is 4.90 Å². The van der Waals surface area contributed by atoms with E-state index < -0.39 is 0 Å². The zero-order chi connectivity index (χ0) is 18.9. The van der Waals surface area contributed by atoms with Gasteiger partial charge < -0.3 is 14.8 Å². The van der Waals surface area contributed by atoms with Crippen LogP contribution < -0.4 is 14.8 Å². The minimum Gasteiger partial charge on any atom is -0.497 e. The number of hydrogen-bond donors (Lipinski definition) is 1. The van der Waals surface area contributed by atoms with Crippen LogP contribution in [0.3, 0.4) is 0 Å². The third kappa shape index (κ3) is 5.99. The Morgan fingerprint density at radius 1 is 1.04 bits per heavy atom. The standard InChI is InChI=1S/C21H27NO3S/c1-5-25-18-10-12-19(13-11-18)26-14-20(23)22-21(15(2)3)16-6-8-17(24-4)9-7-16/h6-13,15,21H,5,14H2,1-4H3,(H,22,23). The molecule has 5 heteroatoms. The quantitative estimate of drug-likeness (QED) is 0.647. The van der Waals surface area contributed by atoms with Crippen molar-refractivity contribution in [2.75, 3.05) is 19.5 Å². The van der Waals surface area contributed by atoms with Gasteiger partial charge in [0.1, 0.15) is 11.5 Å². The molecule has 0 aliphatic heterocycles. The lowest BCUT2D eigenvalue weighted by atomic mass is 9.96. The first-order valence-corrected chi connectivity index (χ1v) is 9.81. The SMILES string of the molecule is CCOc1ccc(SCC(=O)NC(c2ccc(OC)cc2)C(C)C)cc1. The van der Waals surface area contributed by atoms with Gasteiger partial charge in [-0.1, -0.05) is 26.0 Å². The van der Waals surface area contributed by atoms with Gasteiger partial charge >= 0.3 is 0 Å². The van der Waals surface area contributed by atoms with Crippen molar-refractivity contribution in [1.82, 2.24) is 5.32 Å². The fourth-order valence-electron chi connectivity index (χ4n) is 2.61. The number of thioether (sulfide) groups is 1. The molecule has 140 valence electrons. The number of methoxy groups -OCH3 is 1. The lowest BCUT2D eigenvalue weighted by Gasteiger charge is -2.23. The van der Waals surface area contributed by atoms with Gasteiger partial charge in [-0.3, -0.25) is 4.79 Å². The average molecular weight is 374 g/mol. The highest BCUT2D eigenvalue weighted by atomic mass is 32.2. The van der Waals surface area contributed by atoms with Gasteiger partial charge in [-0.15, -0.1) is 11.8 Å². The van der Waals surface area contributed by atoms with E-state index in [2.05, 4.69) is 19.2 Å². The number of carbonyl (C=O) groups excluding carboxylic acids is 1. The molecule has 0 aromatic heterocycles. The summed E-state index contributed by atoms with van der Waals surface area (Å²) in [6, 6.07) is 15.6. The number of amides is 1. The number of hydrogen-bond acceptors (Lipinski definition) is 4. The Morgan fingerprint density at radius 2 is 1.65 bits per heavy atom. The van der Waals surface area contributed by atoms with E-state index in [1.165, 1.54) is 11.8 Å². The molecule has 2 rings (SSSR count). The maximum absolute atomic E-state index is 12.4. The van der Waals surface area contributed by atoms with Gasteiger partial charge in [0.25, 0.3) is 0 Å². The Balaban J connectivity index is 1.92. The van der Waals surface area contributed by atoms with Crippen LogP contribution in [0.25, 0.3) is 0 Å². The van der Waals surface area contributed by atoms with E-state index >= 15 is 0 Å². The molecule has 4 nitrogen and oxygen atoms in total. The van der Waals surface area contributed by atoms with Gasteiger partial charge in [0.05, 0.1) is 25.5 Å². The van der Waals surface area contributed by atoms with E-state index in [1.807, 2.05) is 55.5 Å². The Bertz CT molecular complexity index is 683. The Morgan fingerprint density at radius 3 is 2.19 bits per heavy atom. The number of carbonyl (C=O) groups is 1. The predicted molar refractivity (Wildman–Crippen MR) is 107 cm³/mol. The molecular weight excluding hydrogens is 346 g/mol. The molecule has 0 heterocycles. The van der Waals surface area contributed by atoms with E-state index in [0.29, 0.717) is 18.3 Å². The number of ether oxygens (including phenoxy) is 2. The van der Waals surface area contributed by atoms with Crippen molar-refractivity contribution in [3.8, 4) is 11.5 Å². The summed E-state index contributed by atoms with van der Waals surface area (Å²) in [7, 11) is 1.65. The molecule has 0 aliphatic rings. The van der Waals surface area contributed by atoms with Crippen LogP contribution in [0.15, 0.2) is 53.4 Å². The topological polar surface area (TPSA) is 47.6 Å².